The van der Waals surface area contributed by atoms with Gasteiger partial charge in [-0.1, -0.05) is 42.5 Å². The van der Waals surface area contributed by atoms with Crippen LogP contribution in [0.3, 0.4) is 0 Å². The van der Waals surface area contributed by atoms with Crippen molar-refractivity contribution < 1.29 is 9.59 Å². The molecule has 2 fully saturated rings. The quantitative estimate of drug-likeness (QED) is 0.616. The van der Waals surface area contributed by atoms with Crippen LogP contribution in [0.4, 0.5) is 0 Å². The van der Waals surface area contributed by atoms with E-state index in [1.165, 1.54) is 6.42 Å². The van der Waals surface area contributed by atoms with Gasteiger partial charge in [-0.25, -0.2) is 4.98 Å². The van der Waals surface area contributed by atoms with Crippen LogP contribution < -0.4 is 0 Å². The summed E-state index contributed by atoms with van der Waals surface area (Å²) >= 11 is 0. The number of piperidine rings is 1. The lowest BCUT2D eigenvalue weighted by atomic mass is 10.0. The number of imidazole rings is 1. The molecule has 2 aromatic carbocycles. The van der Waals surface area contributed by atoms with E-state index in [4.69, 9.17) is 4.98 Å². The number of carbonyl (C=O) groups is 2. The van der Waals surface area contributed by atoms with Crippen molar-refractivity contribution in [1.82, 2.24) is 19.4 Å². The number of rotatable bonds is 5. The highest BCUT2D eigenvalue weighted by Crippen LogP contribution is 2.31. The summed E-state index contributed by atoms with van der Waals surface area (Å²) in [5.41, 5.74) is 2.98. The number of amides is 2. The Labute approximate surface area is 188 Å². The van der Waals surface area contributed by atoms with Gasteiger partial charge in [-0.3, -0.25) is 9.59 Å². The predicted molar refractivity (Wildman–Crippen MR) is 124 cm³/mol. The summed E-state index contributed by atoms with van der Waals surface area (Å²) in [6, 6.07) is 18.3. The highest BCUT2D eigenvalue weighted by Gasteiger charge is 2.35. The second kappa shape index (κ2) is 8.77. The molecular formula is C26H30N4O2. The number of hydrogen-bond donors (Lipinski definition) is 0. The van der Waals surface area contributed by atoms with Gasteiger partial charge in [0.2, 0.25) is 11.8 Å². The standard InChI is InChI=1S/C26H30N4O2/c1-19-9-7-8-14-29(19)25(32)18-30-23-13-6-5-12-22(23)27-26(30)21-15-24(31)28(17-21)16-20-10-3-2-4-11-20/h2-6,10-13,19,21H,7-9,14-18H2,1H3. The van der Waals surface area contributed by atoms with Gasteiger partial charge in [0.1, 0.15) is 12.4 Å². The summed E-state index contributed by atoms with van der Waals surface area (Å²) in [6.45, 7) is 4.49. The summed E-state index contributed by atoms with van der Waals surface area (Å²) in [6.07, 6.45) is 3.75. The summed E-state index contributed by atoms with van der Waals surface area (Å²) in [5, 5.41) is 0. The first-order valence-electron chi connectivity index (χ1n) is 11.7. The van der Waals surface area contributed by atoms with Crippen molar-refractivity contribution in [2.24, 2.45) is 0 Å². The minimum atomic E-state index is -0.00908. The minimum absolute atomic E-state index is 0.00908. The lowest BCUT2D eigenvalue weighted by molar-refractivity contribution is -0.135. The molecule has 2 aliphatic heterocycles. The zero-order valence-electron chi connectivity index (χ0n) is 18.6. The van der Waals surface area contributed by atoms with Crippen molar-refractivity contribution in [1.29, 1.82) is 0 Å². The van der Waals surface area contributed by atoms with Gasteiger partial charge < -0.3 is 14.4 Å². The average molecular weight is 431 g/mol. The number of hydrogen-bond acceptors (Lipinski definition) is 3. The van der Waals surface area contributed by atoms with Gasteiger partial charge in [-0.15, -0.1) is 0 Å². The summed E-state index contributed by atoms with van der Waals surface area (Å²) in [7, 11) is 0. The first kappa shape index (κ1) is 20.7. The molecule has 3 aromatic rings. The molecule has 5 rings (SSSR count). The Hall–Kier alpha value is -3.15. The Kier molecular flexibility index (Phi) is 5.68. The van der Waals surface area contributed by atoms with Gasteiger partial charge in [0.25, 0.3) is 0 Å². The molecule has 2 amide bonds. The van der Waals surface area contributed by atoms with Crippen LogP contribution in [-0.2, 0) is 22.7 Å². The fraction of sp³-hybridized carbons (Fsp3) is 0.423. The van der Waals surface area contributed by atoms with Crippen molar-refractivity contribution in [2.75, 3.05) is 13.1 Å². The largest absolute Gasteiger partial charge is 0.338 e. The maximum atomic E-state index is 13.3. The topological polar surface area (TPSA) is 58.4 Å². The van der Waals surface area contributed by atoms with Gasteiger partial charge in [0, 0.05) is 38.0 Å². The highest BCUT2D eigenvalue weighted by atomic mass is 16.2. The van der Waals surface area contributed by atoms with Crippen LogP contribution in [0.15, 0.2) is 54.6 Å². The number of aromatic nitrogens is 2. The van der Waals surface area contributed by atoms with E-state index in [-0.39, 0.29) is 30.3 Å². The van der Waals surface area contributed by atoms with Crippen LogP contribution in [0.1, 0.15) is 49.9 Å². The van der Waals surface area contributed by atoms with Crippen molar-refractivity contribution in [3.63, 3.8) is 0 Å². The molecule has 0 saturated carbocycles. The Morgan fingerprint density at radius 1 is 1.06 bits per heavy atom. The maximum absolute atomic E-state index is 13.3. The van der Waals surface area contributed by atoms with E-state index in [1.54, 1.807) is 0 Å². The molecule has 2 saturated heterocycles. The molecule has 0 spiro atoms. The van der Waals surface area contributed by atoms with E-state index >= 15 is 0 Å². The van der Waals surface area contributed by atoms with Crippen LogP contribution in [0.25, 0.3) is 11.0 Å². The van der Waals surface area contributed by atoms with Crippen LogP contribution >= 0.6 is 0 Å². The van der Waals surface area contributed by atoms with E-state index in [1.807, 2.05) is 64.4 Å². The molecule has 0 aliphatic carbocycles. The Morgan fingerprint density at radius 2 is 1.84 bits per heavy atom. The first-order chi connectivity index (χ1) is 15.6. The Bertz CT molecular complexity index is 1120. The smallest absolute Gasteiger partial charge is 0.242 e. The number of nitrogens with zero attached hydrogens (tertiary/aromatic N) is 4. The van der Waals surface area contributed by atoms with Crippen LogP contribution in [0, 0.1) is 0 Å². The van der Waals surface area contributed by atoms with Crippen molar-refractivity contribution in [2.45, 2.75) is 57.7 Å². The number of carbonyl (C=O) groups excluding carboxylic acids is 2. The second-order valence-electron chi connectivity index (χ2n) is 9.14. The third kappa shape index (κ3) is 4.01. The zero-order valence-corrected chi connectivity index (χ0v) is 18.6. The molecule has 1 aromatic heterocycles. The molecule has 0 N–H and O–H groups in total. The third-order valence-corrected chi connectivity index (χ3v) is 6.90. The fourth-order valence-electron chi connectivity index (χ4n) is 5.17. The average Bonchev–Trinajstić information content (AvgIpc) is 3.35. The molecule has 2 unspecified atom stereocenters. The SMILES string of the molecule is CC1CCCCN1C(=O)Cn1c(C2CC(=O)N(Cc3ccccc3)C2)nc2ccccc21. The van der Waals surface area contributed by atoms with Crippen LogP contribution in [0.5, 0.6) is 0 Å². The molecule has 0 radical (unpaired) electrons. The molecule has 3 heterocycles. The van der Waals surface area contributed by atoms with Gasteiger partial charge in [-0.2, -0.15) is 0 Å². The van der Waals surface area contributed by atoms with Gasteiger partial charge >= 0.3 is 0 Å². The fourth-order valence-corrected chi connectivity index (χ4v) is 5.17. The van der Waals surface area contributed by atoms with Crippen molar-refractivity contribution in [3.05, 3.63) is 66.0 Å². The third-order valence-electron chi connectivity index (χ3n) is 6.90. The van der Waals surface area contributed by atoms with E-state index in [0.717, 1.165) is 41.8 Å². The van der Waals surface area contributed by atoms with Gasteiger partial charge in [0.15, 0.2) is 0 Å². The van der Waals surface area contributed by atoms with E-state index in [9.17, 15) is 9.59 Å². The predicted octanol–water partition coefficient (Wildman–Crippen LogP) is 3.95. The molecule has 32 heavy (non-hydrogen) atoms. The highest BCUT2D eigenvalue weighted by molar-refractivity contribution is 5.83. The zero-order chi connectivity index (χ0) is 22.1. The first-order valence-corrected chi connectivity index (χ1v) is 11.7. The molecule has 166 valence electrons. The molecule has 0 bridgehead atoms. The lowest BCUT2D eigenvalue weighted by Gasteiger charge is -2.33. The number of fused-ring (bicyclic) bond motifs is 1. The number of para-hydroxylation sites is 2. The van der Waals surface area contributed by atoms with E-state index < -0.39 is 0 Å². The maximum Gasteiger partial charge on any atom is 0.242 e. The molecular weight excluding hydrogens is 400 g/mol. The van der Waals surface area contributed by atoms with Crippen LogP contribution in [0.2, 0.25) is 0 Å². The van der Waals surface area contributed by atoms with Crippen molar-refractivity contribution in [3.8, 4) is 0 Å². The number of benzene rings is 2. The minimum Gasteiger partial charge on any atom is -0.338 e. The van der Waals surface area contributed by atoms with Crippen molar-refractivity contribution >= 4 is 22.8 Å². The van der Waals surface area contributed by atoms with Gasteiger partial charge in [-0.05, 0) is 43.9 Å². The Morgan fingerprint density at radius 3 is 2.66 bits per heavy atom. The summed E-state index contributed by atoms with van der Waals surface area (Å²) in [4.78, 5) is 34.9. The van der Waals surface area contributed by atoms with Crippen LogP contribution in [-0.4, -0.2) is 50.3 Å². The lowest BCUT2D eigenvalue weighted by Crippen LogP contribution is -2.43. The van der Waals surface area contributed by atoms with E-state index in [2.05, 4.69) is 11.5 Å². The van der Waals surface area contributed by atoms with E-state index in [0.29, 0.717) is 19.5 Å². The molecule has 2 aliphatic rings. The second-order valence-corrected chi connectivity index (χ2v) is 9.14. The molecule has 2 atom stereocenters. The Balaban J connectivity index is 1.41. The molecule has 6 heteroatoms. The normalized spacial score (nSPS) is 21.5. The summed E-state index contributed by atoms with van der Waals surface area (Å²) in [5.74, 6) is 1.14. The molecule has 6 nitrogen and oxygen atoms in total. The number of likely N-dealkylation sites (tertiary alicyclic amines) is 2. The monoisotopic (exact) mass is 430 g/mol. The summed E-state index contributed by atoms with van der Waals surface area (Å²) < 4.78 is 2.06. The van der Waals surface area contributed by atoms with Gasteiger partial charge in [0.05, 0.1) is 11.0 Å².